The molecule has 0 aliphatic carbocycles. The fraction of sp³-hybridized carbons (Fsp3) is 0.651. The second-order valence-corrected chi connectivity index (χ2v) is 16.8. The maximum absolute atomic E-state index is 14.4. The Hall–Kier alpha value is -3.75. The lowest BCUT2D eigenvalue weighted by Crippen LogP contribution is -2.60. The predicted octanol–water partition coefficient (Wildman–Crippen LogP) is 5.20. The molecule has 4 unspecified atom stereocenters. The largest absolute Gasteiger partial charge is 0.457 e. The van der Waals surface area contributed by atoms with Gasteiger partial charge in [0.05, 0.1) is 29.4 Å². The summed E-state index contributed by atoms with van der Waals surface area (Å²) >= 11 is 0. The van der Waals surface area contributed by atoms with Crippen LogP contribution in [0.4, 0.5) is 4.79 Å². The van der Waals surface area contributed by atoms with E-state index >= 15 is 0 Å². The second kappa shape index (κ2) is 17.8. The SMILES string of the molecule is CO[C@]1(C)C[C@@H](C)C(=O)[C@H](C)[C@H]2NC(=O)O[C@]2(C)[C@@H](CC/C=C/Cc2cnc3ccccc3c2)OC(=O)[C@H](C)C(=O)[C@H](C)[C@H]1OC1OC(C)CC(N(C)C)C1O. The molecule has 0 spiro atoms. The number of fused-ring (bicyclic) bond motifs is 2. The number of aliphatic hydroxyl groups excluding tert-OH is 1. The van der Waals surface area contributed by atoms with Gasteiger partial charge >= 0.3 is 12.1 Å². The van der Waals surface area contributed by atoms with Gasteiger partial charge in [0.2, 0.25) is 0 Å². The Morgan fingerprint density at radius 2 is 1.73 bits per heavy atom. The van der Waals surface area contributed by atoms with Crippen molar-refractivity contribution >= 4 is 34.5 Å². The number of pyridine rings is 1. The van der Waals surface area contributed by atoms with Gasteiger partial charge in [0.25, 0.3) is 0 Å². The Labute approximate surface area is 330 Å². The van der Waals surface area contributed by atoms with E-state index in [-0.39, 0.29) is 30.8 Å². The van der Waals surface area contributed by atoms with Crippen LogP contribution in [-0.4, -0.2) is 114 Å². The molecule has 2 N–H and O–H groups in total. The molecule has 3 aliphatic heterocycles. The Kier molecular flexibility index (Phi) is 13.8. The van der Waals surface area contributed by atoms with Gasteiger partial charge < -0.3 is 39.0 Å². The lowest BCUT2D eigenvalue weighted by atomic mass is 9.73. The molecule has 1 amide bonds. The van der Waals surface area contributed by atoms with Crippen LogP contribution in [0.25, 0.3) is 10.9 Å². The maximum atomic E-state index is 14.4. The number of para-hydroxylation sites is 1. The third kappa shape index (κ3) is 9.18. The molecule has 308 valence electrons. The number of hydrogen-bond donors (Lipinski definition) is 2. The number of rotatable bonds is 9. The van der Waals surface area contributed by atoms with Crippen molar-refractivity contribution in [3.8, 4) is 0 Å². The van der Waals surface area contributed by atoms with Crippen molar-refractivity contribution in [1.29, 1.82) is 0 Å². The lowest BCUT2D eigenvalue weighted by Gasteiger charge is -2.47. The van der Waals surface area contributed by atoms with Crippen LogP contribution in [0, 0.1) is 23.7 Å². The zero-order valence-corrected chi connectivity index (χ0v) is 34.5. The molecule has 0 radical (unpaired) electrons. The van der Waals surface area contributed by atoms with E-state index < -0.39 is 83.4 Å². The molecule has 13 heteroatoms. The predicted molar refractivity (Wildman–Crippen MR) is 210 cm³/mol. The highest BCUT2D eigenvalue weighted by Crippen LogP contribution is 2.40. The summed E-state index contributed by atoms with van der Waals surface area (Å²) in [7, 11) is 5.22. The number of likely N-dealkylation sites (N-methyl/N-ethyl adjacent to an activating group) is 1. The standard InChI is InChI=1S/C43H61N3O10/c1-24-22-42(6,52-10)38(55-40-36(49)32(46(8)9)20-25(2)53-40)27(4)35(48)28(5)39(50)54-33(43(7)37(26(3)34(24)47)45-41(51)56-43)19-13-11-12-16-29-21-30-17-14-15-18-31(30)44-23-29/h11-12,14-15,17-18,21,23-28,32-33,36-38,40,49H,13,16,19-20,22H2,1-10H3,(H,45,51)/b12-11+/t24-,25?,26+,27+,28-,32?,33-,36?,37-,38-,40?,42-,43-/m1/s1. The van der Waals surface area contributed by atoms with Gasteiger partial charge in [-0.1, -0.05) is 51.1 Å². The van der Waals surface area contributed by atoms with Crippen molar-refractivity contribution in [2.24, 2.45) is 23.7 Å². The van der Waals surface area contributed by atoms with Crippen molar-refractivity contribution in [3.05, 3.63) is 54.2 Å². The Morgan fingerprint density at radius 1 is 1.02 bits per heavy atom. The summed E-state index contributed by atoms with van der Waals surface area (Å²) in [6.07, 6.45) is 2.66. The molecule has 13 atom stereocenters. The van der Waals surface area contributed by atoms with E-state index in [2.05, 4.69) is 16.4 Å². The molecule has 1 aromatic carbocycles. The Bertz CT molecular complexity index is 1770. The molecule has 13 nitrogen and oxygen atoms in total. The number of methoxy groups -OCH3 is 1. The maximum Gasteiger partial charge on any atom is 0.408 e. The van der Waals surface area contributed by atoms with Crippen molar-refractivity contribution in [1.82, 2.24) is 15.2 Å². The van der Waals surface area contributed by atoms with Gasteiger partial charge in [0, 0.05) is 42.5 Å². The zero-order chi connectivity index (χ0) is 41.1. The molecular formula is C43H61N3O10. The minimum absolute atomic E-state index is 0.127. The summed E-state index contributed by atoms with van der Waals surface area (Å²) in [6.45, 7) is 12.0. The fourth-order valence-corrected chi connectivity index (χ4v) is 8.86. The van der Waals surface area contributed by atoms with Crippen LogP contribution in [0.2, 0.25) is 0 Å². The molecule has 0 bridgehead atoms. The van der Waals surface area contributed by atoms with E-state index in [9.17, 15) is 24.3 Å². The second-order valence-electron chi connectivity index (χ2n) is 16.8. The number of carbonyl (C=O) groups is 4. The number of allylic oxidation sites excluding steroid dienone is 2. The summed E-state index contributed by atoms with van der Waals surface area (Å²) < 4.78 is 30.9. The number of aliphatic hydroxyl groups is 1. The molecular weight excluding hydrogens is 718 g/mol. The molecule has 2 aromatic rings. The number of alkyl carbamates (subject to hydrolysis) is 1. The summed E-state index contributed by atoms with van der Waals surface area (Å²) in [4.78, 5) is 62.2. The van der Waals surface area contributed by atoms with Gasteiger partial charge in [-0.05, 0) is 91.6 Å². The highest BCUT2D eigenvalue weighted by molar-refractivity contribution is 6.00. The molecule has 0 saturated carbocycles. The van der Waals surface area contributed by atoms with Crippen molar-refractivity contribution in [2.75, 3.05) is 21.2 Å². The van der Waals surface area contributed by atoms with Gasteiger partial charge in [0.1, 0.15) is 23.9 Å². The van der Waals surface area contributed by atoms with Crippen LogP contribution in [-0.2, 0) is 44.5 Å². The lowest BCUT2D eigenvalue weighted by molar-refractivity contribution is -0.295. The minimum Gasteiger partial charge on any atom is -0.457 e. The number of ether oxygens (including phenoxy) is 5. The fourth-order valence-electron chi connectivity index (χ4n) is 8.86. The van der Waals surface area contributed by atoms with Gasteiger partial charge in [-0.2, -0.15) is 0 Å². The average Bonchev–Trinajstić information content (AvgIpc) is 3.49. The third-order valence-corrected chi connectivity index (χ3v) is 12.3. The first kappa shape index (κ1) is 43.4. The number of nitrogens with zero attached hydrogens (tertiary/aromatic N) is 2. The van der Waals surface area contributed by atoms with E-state index in [1.165, 1.54) is 14.0 Å². The average molecular weight is 780 g/mol. The quantitative estimate of drug-likeness (QED) is 0.195. The first-order chi connectivity index (χ1) is 26.4. The monoisotopic (exact) mass is 779 g/mol. The molecule has 3 aliphatic rings. The van der Waals surface area contributed by atoms with E-state index in [4.69, 9.17) is 23.7 Å². The molecule has 56 heavy (non-hydrogen) atoms. The van der Waals surface area contributed by atoms with E-state index in [1.807, 2.05) is 68.5 Å². The first-order valence-electron chi connectivity index (χ1n) is 19.9. The zero-order valence-electron chi connectivity index (χ0n) is 34.5. The van der Waals surface area contributed by atoms with E-state index in [1.54, 1.807) is 34.6 Å². The minimum atomic E-state index is -1.43. The van der Waals surface area contributed by atoms with Crippen molar-refractivity contribution in [2.45, 2.75) is 135 Å². The van der Waals surface area contributed by atoms with Gasteiger partial charge in [-0.3, -0.25) is 19.4 Å². The van der Waals surface area contributed by atoms with Crippen LogP contribution in [0.5, 0.6) is 0 Å². The summed E-state index contributed by atoms with van der Waals surface area (Å²) in [6, 6.07) is 8.87. The topological polar surface area (TPSA) is 163 Å². The first-order valence-corrected chi connectivity index (χ1v) is 19.9. The Balaban J connectivity index is 1.44. The molecule has 3 saturated heterocycles. The van der Waals surface area contributed by atoms with Crippen LogP contribution in [0.1, 0.15) is 79.7 Å². The van der Waals surface area contributed by atoms with Crippen LogP contribution >= 0.6 is 0 Å². The van der Waals surface area contributed by atoms with Crippen molar-refractivity contribution in [3.63, 3.8) is 0 Å². The van der Waals surface area contributed by atoms with Crippen LogP contribution in [0.3, 0.4) is 0 Å². The number of ketones is 2. The number of aromatic nitrogens is 1. The summed E-state index contributed by atoms with van der Waals surface area (Å²) in [5.41, 5.74) is -0.730. The number of esters is 1. The number of nitrogens with one attached hydrogen (secondary N) is 1. The number of Topliss-reactive ketones (excluding diaryl/α,β-unsaturated/α-hetero) is 2. The summed E-state index contributed by atoms with van der Waals surface area (Å²) in [5, 5.41) is 15.3. The smallest absolute Gasteiger partial charge is 0.408 e. The number of amides is 1. The van der Waals surface area contributed by atoms with Crippen LogP contribution in [0.15, 0.2) is 48.7 Å². The molecule has 1 aromatic heterocycles. The Morgan fingerprint density at radius 3 is 2.43 bits per heavy atom. The van der Waals surface area contributed by atoms with Crippen LogP contribution < -0.4 is 5.32 Å². The van der Waals surface area contributed by atoms with Gasteiger partial charge in [0.15, 0.2) is 17.7 Å². The van der Waals surface area contributed by atoms with Gasteiger partial charge in [-0.25, -0.2) is 4.79 Å². The molecule has 5 rings (SSSR count). The number of benzene rings is 1. The number of carbonyl (C=O) groups excluding carboxylic acids is 4. The van der Waals surface area contributed by atoms with E-state index in [0.29, 0.717) is 19.3 Å². The molecule has 3 fully saturated rings. The normalized spacial score (nSPS) is 37.6. The number of cyclic esters (lactones) is 1. The van der Waals surface area contributed by atoms with Crippen molar-refractivity contribution < 1.29 is 48.0 Å². The number of hydrogen-bond acceptors (Lipinski definition) is 12. The van der Waals surface area contributed by atoms with E-state index in [0.717, 1.165) is 16.5 Å². The summed E-state index contributed by atoms with van der Waals surface area (Å²) in [5.74, 6) is -5.04. The third-order valence-electron chi connectivity index (χ3n) is 12.3. The highest BCUT2D eigenvalue weighted by atomic mass is 16.7. The van der Waals surface area contributed by atoms with Gasteiger partial charge in [-0.15, -0.1) is 0 Å². The molecule has 4 heterocycles. The highest BCUT2D eigenvalue weighted by Gasteiger charge is 2.57.